The molecule has 24 heavy (non-hydrogen) atoms. The number of carbonyl (C=O) groups is 1. The third-order valence-electron chi connectivity index (χ3n) is 3.90. The van der Waals surface area contributed by atoms with Gasteiger partial charge in [0.25, 0.3) is 5.91 Å². The molecule has 0 fully saturated rings. The van der Waals surface area contributed by atoms with Crippen molar-refractivity contribution in [3.63, 3.8) is 0 Å². The summed E-state index contributed by atoms with van der Waals surface area (Å²) < 4.78 is 4.30. The molecule has 0 saturated carbocycles. The van der Waals surface area contributed by atoms with Gasteiger partial charge in [-0.2, -0.15) is 4.99 Å². The number of nitrogens with zero attached hydrogens (tertiary/aromatic N) is 2. The summed E-state index contributed by atoms with van der Waals surface area (Å²) in [5.41, 5.74) is 3.91. The molecule has 3 aromatic rings. The van der Waals surface area contributed by atoms with Gasteiger partial charge < -0.3 is 4.57 Å². The fourth-order valence-corrected chi connectivity index (χ4v) is 4.38. The van der Waals surface area contributed by atoms with Crippen LogP contribution in [0.5, 0.6) is 0 Å². The standard InChI is InChI=1S/C19H19BrN2OS/c1-4-9-22-16-8-6-14(20)11-17(16)24-19(22)21-18(23)15-7-5-12(2)10-13(15)3/h5-8,10-11H,4,9H2,1-3H3. The first-order valence-electron chi connectivity index (χ1n) is 7.95. The van der Waals surface area contributed by atoms with Gasteiger partial charge in [-0.1, -0.05) is 51.9 Å². The quantitative estimate of drug-likeness (QED) is 0.590. The first-order valence-corrected chi connectivity index (χ1v) is 9.55. The zero-order chi connectivity index (χ0) is 17.3. The first kappa shape index (κ1) is 17.1. The number of halogens is 1. The van der Waals surface area contributed by atoms with Crippen molar-refractivity contribution < 1.29 is 4.79 Å². The maximum Gasteiger partial charge on any atom is 0.279 e. The topological polar surface area (TPSA) is 34.4 Å². The molecule has 3 nitrogen and oxygen atoms in total. The predicted octanol–water partition coefficient (Wildman–Crippen LogP) is 5.23. The van der Waals surface area contributed by atoms with E-state index in [0.717, 1.165) is 43.6 Å². The van der Waals surface area contributed by atoms with Crippen molar-refractivity contribution in [2.45, 2.75) is 33.7 Å². The molecule has 124 valence electrons. The van der Waals surface area contributed by atoms with E-state index in [4.69, 9.17) is 0 Å². The lowest BCUT2D eigenvalue weighted by Gasteiger charge is -2.04. The van der Waals surface area contributed by atoms with Crippen LogP contribution in [0.2, 0.25) is 0 Å². The summed E-state index contributed by atoms with van der Waals surface area (Å²) in [6.45, 7) is 6.96. The molecule has 1 heterocycles. The van der Waals surface area contributed by atoms with Crippen molar-refractivity contribution in [2.24, 2.45) is 4.99 Å². The zero-order valence-corrected chi connectivity index (χ0v) is 16.4. The number of thiazole rings is 1. The Hall–Kier alpha value is -1.72. The molecular weight excluding hydrogens is 384 g/mol. The molecule has 0 saturated heterocycles. The molecule has 5 heteroatoms. The number of carbonyl (C=O) groups excluding carboxylic acids is 1. The van der Waals surface area contributed by atoms with Gasteiger partial charge in [0.05, 0.1) is 10.2 Å². The Morgan fingerprint density at radius 1 is 1.21 bits per heavy atom. The largest absolute Gasteiger partial charge is 0.316 e. The maximum absolute atomic E-state index is 12.7. The van der Waals surface area contributed by atoms with E-state index in [-0.39, 0.29) is 5.91 Å². The highest BCUT2D eigenvalue weighted by molar-refractivity contribution is 9.10. The third-order valence-corrected chi connectivity index (χ3v) is 5.44. The Bertz CT molecular complexity index is 985. The molecule has 0 radical (unpaired) electrons. The van der Waals surface area contributed by atoms with Gasteiger partial charge in [0, 0.05) is 16.6 Å². The van der Waals surface area contributed by atoms with Crippen molar-refractivity contribution in [1.29, 1.82) is 0 Å². The summed E-state index contributed by atoms with van der Waals surface area (Å²) in [6.07, 6.45) is 0.993. The molecule has 1 amide bonds. The van der Waals surface area contributed by atoms with Gasteiger partial charge in [0.1, 0.15) is 0 Å². The van der Waals surface area contributed by atoms with Crippen molar-refractivity contribution >= 4 is 43.4 Å². The summed E-state index contributed by atoms with van der Waals surface area (Å²) in [6, 6.07) is 12.0. The minimum Gasteiger partial charge on any atom is -0.316 e. The molecule has 0 aliphatic heterocycles. The van der Waals surface area contributed by atoms with Gasteiger partial charge in [-0.3, -0.25) is 4.79 Å². The van der Waals surface area contributed by atoms with Crippen molar-refractivity contribution in [3.8, 4) is 0 Å². The predicted molar refractivity (Wildman–Crippen MR) is 104 cm³/mol. The number of benzene rings is 2. The number of aryl methyl sites for hydroxylation is 3. The van der Waals surface area contributed by atoms with Gasteiger partial charge in [-0.05, 0) is 50.1 Å². The van der Waals surface area contributed by atoms with Crippen LogP contribution < -0.4 is 4.80 Å². The molecular formula is C19H19BrN2OS. The van der Waals surface area contributed by atoms with E-state index in [1.54, 1.807) is 11.3 Å². The number of fused-ring (bicyclic) bond motifs is 1. The molecule has 1 aromatic heterocycles. The van der Waals surface area contributed by atoms with Gasteiger partial charge >= 0.3 is 0 Å². The van der Waals surface area contributed by atoms with E-state index in [1.165, 1.54) is 0 Å². The highest BCUT2D eigenvalue weighted by Crippen LogP contribution is 2.22. The van der Waals surface area contributed by atoms with Gasteiger partial charge in [-0.15, -0.1) is 0 Å². The molecule has 0 unspecified atom stereocenters. The maximum atomic E-state index is 12.7. The third kappa shape index (κ3) is 3.37. The monoisotopic (exact) mass is 402 g/mol. The minimum absolute atomic E-state index is 0.178. The van der Waals surface area contributed by atoms with Gasteiger partial charge in [0.15, 0.2) is 4.80 Å². The molecule has 0 atom stereocenters. The van der Waals surface area contributed by atoms with E-state index in [2.05, 4.69) is 44.5 Å². The van der Waals surface area contributed by atoms with E-state index >= 15 is 0 Å². The Morgan fingerprint density at radius 2 is 2.00 bits per heavy atom. The zero-order valence-electron chi connectivity index (χ0n) is 14.0. The first-order chi connectivity index (χ1) is 11.5. The van der Waals surface area contributed by atoms with Crippen LogP contribution in [0.1, 0.15) is 34.8 Å². The summed E-state index contributed by atoms with van der Waals surface area (Å²) in [7, 11) is 0. The Morgan fingerprint density at radius 3 is 2.71 bits per heavy atom. The lowest BCUT2D eigenvalue weighted by Crippen LogP contribution is -2.17. The molecule has 0 aliphatic rings. The summed E-state index contributed by atoms with van der Waals surface area (Å²) in [5, 5.41) is 0. The number of hydrogen-bond donors (Lipinski definition) is 0. The van der Waals surface area contributed by atoms with E-state index in [0.29, 0.717) is 5.56 Å². The van der Waals surface area contributed by atoms with Crippen molar-refractivity contribution in [1.82, 2.24) is 4.57 Å². The summed E-state index contributed by atoms with van der Waals surface area (Å²) >= 11 is 5.06. The molecule has 0 spiro atoms. The number of rotatable bonds is 3. The van der Waals surface area contributed by atoms with Gasteiger partial charge in [0.2, 0.25) is 0 Å². The molecule has 3 rings (SSSR count). The van der Waals surface area contributed by atoms with Crippen LogP contribution in [0.25, 0.3) is 10.2 Å². The molecule has 2 aromatic carbocycles. The molecule has 0 aliphatic carbocycles. The van der Waals surface area contributed by atoms with Crippen molar-refractivity contribution in [3.05, 3.63) is 62.4 Å². The average molecular weight is 403 g/mol. The fraction of sp³-hybridized carbons (Fsp3) is 0.263. The molecule has 0 N–H and O–H groups in total. The minimum atomic E-state index is -0.178. The van der Waals surface area contributed by atoms with Crippen LogP contribution in [0.4, 0.5) is 0 Å². The van der Waals surface area contributed by atoms with E-state index in [1.807, 2.05) is 38.1 Å². The second-order valence-corrected chi connectivity index (χ2v) is 7.81. The Balaban J connectivity index is 2.14. The van der Waals surface area contributed by atoms with Crippen molar-refractivity contribution in [2.75, 3.05) is 0 Å². The van der Waals surface area contributed by atoms with Crippen LogP contribution >= 0.6 is 27.3 Å². The van der Waals surface area contributed by atoms with Crippen LogP contribution in [0, 0.1) is 13.8 Å². The number of amides is 1. The lowest BCUT2D eigenvalue weighted by molar-refractivity contribution is 0.0997. The highest BCUT2D eigenvalue weighted by atomic mass is 79.9. The van der Waals surface area contributed by atoms with Crippen LogP contribution in [-0.2, 0) is 6.54 Å². The summed E-state index contributed by atoms with van der Waals surface area (Å²) in [4.78, 5) is 17.9. The lowest BCUT2D eigenvalue weighted by atomic mass is 10.1. The van der Waals surface area contributed by atoms with E-state index < -0.39 is 0 Å². The second-order valence-electron chi connectivity index (χ2n) is 5.88. The smallest absolute Gasteiger partial charge is 0.279 e. The number of hydrogen-bond acceptors (Lipinski definition) is 2. The van der Waals surface area contributed by atoms with E-state index in [9.17, 15) is 4.79 Å². The van der Waals surface area contributed by atoms with Crippen LogP contribution in [-0.4, -0.2) is 10.5 Å². The van der Waals surface area contributed by atoms with Crippen LogP contribution in [0.3, 0.4) is 0 Å². The Labute approximate surface area is 153 Å². The second kappa shape index (κ2) is 7.03. The normalized spacial score (nSPS) is 12.1. The van der Waals surface area contributed by atoms with Gasteiger partial charge in [-0.25, -0.2) is 0 Å². The SMILES string of the molecule is CCCn1c(=NC(=O)c2ccc(C)cc2C)sc2cc(Br)ccc21. The molecule has 0 bridgehead atoms. The average Bonchev–Trinajstić information content (AvgIpc) is 2.84. The Kier molecular flexibility index (Phi) is 5.01. The highest BCUT2D eigenvalue weighted by Gasteiger charge is 2.11. The van der Waals surface area contributed by atoms with Crippen LogP contribution in [0.15, 0.2) is 45.9 Å². The summed E-state index contributed by atoms with van der Waals surface area (Å²) in [5.74, 6) is -0.178. The number of aromatic nitrogens is 1. The fourth-order valence-electron chi connectivity index (χ4n) is 2.77.